The largest absolute Gasteiger partial charge is 0.377 e. The molecule has 0 bridgehead atoms. The van der Waals surface area contributed by atoms with Crippen LogP contribution in [0.5, 0.6) is 0 Å². The second-order valence-electron chi connectivity index (χ2n) is 8.69. The van der Waals surface area contributed by atoms with E-state index in [2.05, 4.69) is 44.2 Å². The highest BCUT2D eigenvalue weighted by molar-refractivity contribution is 5.93. The fourth-order valence-electron chi connectivity index (χ4n) is 3.73. The van der Waals surface area contributed by atoms with Crippen molar-refractivity contribution in [2.45, 2.75) is 52.3 Å². The van der Waals surface area contributed by atoms with Crippen molar-refractivity contribution in [1.29, 1.82) is 5.26 Å². The summed E-state index contributed by atoms with van der Waals surface area (Å²) < 4.78 is 5.84. The molecule has 0 saturated carbocycles. The van der Waals surface area contributed by atoms with Crippen LogP contribution in [-0.4, -0.2) is 41.1 Å². The van der Waals surface area contributed by atoms with E-state index in [4.69, 9.17) is 15.8 Å². The second kappa shape index (κ2) is 10.4. The van der Waals surface area contributed by atoms with Crippen LogP contribution in [0.3, 0.4) is 0 Å². The maximum atomic E-state index is 13.4. The Morgan fingerprint density at radius 3 is 2.41 bits per heavy atom. The van der Waals surface area contributed by atoms with Crippen LogP contribution < -0.4 is 5.84 Å². The van der Waals surface area contributed by atoms with Gasteiger partial charge in [-0.05, 0) is 50.1 Å². The molecule has 2 unspecified atom stereocenters. The number of hydrogen-bond acceptors (Lipinski definition) is 5. The highest BCUT2D eigenvalue weighted by Gasteiger charge is 2.35. The average molecular weight is 433 g/mol. The Bertz CT molecular complexity index is 990. The number of rotatable bonds is 7. The fraction of sp³-hybridized carbons (Fsp3) is 0.385. The van der Waals surface area contributed by atoms with Gasteiger partial charge in [-0.1, -0.05) is 48.9 Å². The highest BCUT2D eigenvalue weighted by Crippen LogP contribution is 2.25. The lowest BCUT2D eigenvalue weighted by molar-refractivity contribution is -0.135. The van der Waals surface area contributed by atoms with Gasteiger partial charge in [0.15, 0.2) is 0 Å². The van der Waals surface area contributed by atoms with E-state index < -0.39 is 0 Å². The van der Waals surface area contributed by atoms with Gasteiger partial charge in [-0.3, -0.25) is 9.80 Å². The van der Waals surface area contributed by atoms with Gasteiger partial charge in [-0.25, -0.2) is 5.84 Å². The summed E-state index contributed by atoms with van der Waals surface area (Å²) in [5.41, 5.74) is 4.38. The molecule has 0 aromatic heterocycles. The molecular weight excluding hydrogens is 400 g/mol. The normalized spacial score (nSPS) is 18.8. The molecule has 2 atom stereocenters. The van der Waals surface area contributed by atoms with Crippen molar-refractivity contribution in [2.75, 3.05) is 13.2 Å². The predicted molar refractivity (Wildman–Crippen MR) is 125 cm³/mol. The molecule has 6 nitrogen and oxygen atoms in total. The molecule has 6 heteroatoms. The zero-order valence-corrected chi connectivity index (χ0v) is 19.3. The van der Waals surface area contributed by atoms with E-state index in [0.717, 1.165) is 11.1 Å². The molecule has 1 saturated heterocycles. The predicted octanol–water partition coefficient (Wildman–Crippen LogP) is 3.87. The number of hydrazine groups is 1. The third-order valence-corrected chi connectivity index (χ3v) is 5.70. The van der Waals surface area contributed by atoms with Gasteiger partial charge in [-0.2, -0.15) is 5.26 Å². The van der Waals surface area contributed by atoms with Crippen molar-refractivity contribution in [3.8, 4) is 6.07 Å². The summed E-state index contributed by atoms with van der Waals surface area (Å²) in [4.78, 5) is 15.2. The second-order valence-corrected chi connectivity index (χ2v) is 8.69. The van der Waals surface area contributed by atoms with Gasteiger partial charge in [-0.15, -0.1) is 0 Å². The summed E-state index contributed by atoms with van der Waals surface area (Å²) in [6.07, 6.45) is 2.02. The standard InChI is InChI=1S/C26H32N4O2/c1-18(2)32-17-24-16-29(15-22-9-7-21(14-27)8-10-22)26(31)25(30(24)28)13-20(4)23-11-5-19(3)6-12-23/h5-13,18,20,24H,15-17,28H2,1-4H3/b25-13-. The molecule has 1 aliphatic rings. The number of nitrogens with two attached hydrogens (primary N) is 1. The maximum Gasteiger partial charge on any atom is 0.271 e. The van der Waals surface area contributed by atoms with Gasteiger partial charge in [0.05, 0.1) is 30.4 Å². The molecule has 2 aromatic rings. The van der Waals surface area contributed by atoms with Crippen molar-refractivity contribution in [2.24, 2.45) is 5.84 Å². The molecular formula is C26H32N4O2. The highest BCUT2D eigenvalue weighted by atomic mass is 16.5. The van der Waals surface area contributed by atoms with Crippen LogP contribution in [0.4, 0.5) is 0 Å². The Kier molecular flexibility index (Phi) is 7.68. The van der Waals surface area contributed by atoms with Crippen LogP contribution in [0.25, 0.3) is 0 Å². The monoisotopic (exact) mass is 432 g/mol. The van der Waals surface area contributed by atoms with Crippen LogP contribution >= 0.6 is 0 Å². The Labute approximate surface area is 190 Å². The van der Waals surface area contributed by atoms with Gasteiger partial charge in [0.25, 0.3) is 5.91 Å². The third-order valence-electron chi connectivity index (χ3n) is 5.70. The van der Waals surface area contributed by atoms with E-state index in [9.17, 15) is 4.79 Å². The zero-order valence-electron chi connectivity index (χ0n) is 19.3. The van der Waals surface area contributed by atoms with Crippen LogP contribution in [0, 0.1) is 18.3 Å². The van der Waals surface area contributed by atoms with Gasteiger partial charge >= 0.3 is 0 Å². The minimum Gasteiger partial charge on any atom is -0.377 e. The van der Waals surface area contributed by atoms with Crippen LogP contribution in [0.2, 0.25) is 0 Å². The molecule has 2 aromatic carbocycles. The minimum absolute atomic E-state index is 0.0297. The van der Waals surface area contributed by atoms with Crippen LogP contribution in [0.15, 0.2) is 60.3 Å². The van der Waals surface area contributed by atoms with E-state index in [1.807, 2.05) is 37.0 Å². The van der Waals surface area contributed by atoms with Gasteiger partial charge in [0, 0.05) is 19.0 Å². The molecule has 1 amide bonds. The Morgan fingerprint density at radius 2 is 1.81 bits per heavy atom. The van der Waals surface area contributed by atoms with E-state index >= 15 is 0 Å². The Morgan fingerprint density at radius 1 is 1.16 bits per heavy atom. The summed E-state index contributed by atoms with van der Waals surface area (Å²) in [5.74, 6) is 6.37. The van der Waals surface area contributed by atoms with E-state index in [1.165, 1.54) is 5.56 Å². The molecule has 1 fully saturated rings. The molecule has 3 rings (SSSR count). The molecule has 0 spiro atoms. The summed E-state index contributed by atoms with van der Waals surface area (Å²) in [7, 11) is 0. The number of aryl methyl sites for hydroxylation is 1. The van der Waals surface area contributed by atoms with Crippen molar-refractivity contribution in [3.05, 3.63) is 82.6 Å². The molecule has 168 valence electrons. The molecule has 0 radical (unpaired) electrons. The van der Waals surface area contributed by atoms with Crippen molar-refractivity contribution >= 4 is 5.91 Å². The fourth-order valence-corrected chi connectivity index (χ4v) is 3.73. The lowest BCUT2D eigenvalue weighted by atomic mass is 9.97. The first-order valence-corrected chi connectivity index (χ1v) is 11.0. The molecule has 1 heterocycles. The lowest BCUT2D eigenvalue weighted by Gasteiger charge is -2.41. The van der Waals surface area contributed by atoms with E-state index in [1.54, 1.807) is 17.1 Å². The van der Waals surface area contributed by atoms with Crippen LogP contribution in [0.1, 0.15) is 48.9 Å². The number of piperazine rings is 1. The number of allylic oxidation sites excluding steroid dienone is 1. The topological polar surface area (TPSA) is 82.6 Å². The molecule has 32 heavy (non-hydrogen) atoms. The van der Waals surface area contributed by atoms with Crippen molar-refractivity contribution in [1.82, 2.24) is 9.91 Å². The van der Waals surface area contributed by atoms with Gasteiger partial charge < -0.3 is 9.64 Å². The molecule has 0 aliphatic carbocycles. The number of hydrogen-bond donors (Lipinski definition) is 1. The number of nitrogens with zero attached hydrogens (tertiary/aromatic N) is 3. The Hall–Kier alpha value is -3.14. The van der Waals surface area contributed by atoms with Gasteiger partial charge in [0.2, 0.25) is 0 Å². The maximum absolute atomic E-state index is 13.4. The number of carbonyl (C=O) groups is 1. The van der Waals surface area contributed by atoms with E-state index in [0.29, 0.717) is 31.0 Å². The number of ether oxygens (including phenoxy) is 1. The van der Waals surface area contributed by atoms with Gasteiger partial charge in [0.1, 0.15) is 5.70 Å². The number of nitriles is 1. The quantitative estimate of drug-likeness (QED) is 0.531. The average Bonchev–Trinajstić information content (AvgIpc) is 2.78. The smallest absolute Gasteiger partial charge is 0.271 e. The van der Waals surface area contributed by atoms with Crippen LogP contribution in [-0.2, 0) is 16.1 Å². The number of carbonyl (C=O) groups excluding carboxylic acids is 1. The summed E-state index contributed by atoms with van der Waals surface area (Å²) in [5, 5.41) is 10.6. The van der Waals surface area contributed by atoms with E-state index in [-0.39, 0.29) is 24.0 Å². The lowest BCUT2D eigenvalue weighted by Crippen LogP contribution is -2.58. The summed E-state index contributed by atoms with van der Waals surface area (Å²) >= 11 is 0. The molecule has 2 N–H and O–H groups in total. The first kappa shape index (κ1) is 23.5. The summed E-state index contributed by atoms with van der Waals surface area (Å²) in [6, 6.07) is 17.6. The van der Waals surface area contributed by atoms with Crippen molar-refractivity contribution < 1.29 is 9.53 Å². The zero-order chi connectivity index (χ0) is 23.3. The first-order valence-electron chi connectivity index (χ1n) is 11.0. The SMILES string of the molecule is Cc1ccc(C(C)/C=C2/C(=O)N(Cc3ccc(C#N)cc3)CC(COC(C)C)N2N)cc1. The van der Waals surface area contributed by atoms with Crippen molar-refractivity contribution in [3.63, 3.8) is 0 Å². The number of amides is 1. The minimum atomic E-state index is -0.148. The Balaban J connectivity index is 1.87. The number of benzene rings is 2. The first-order chi connectivity index (χ1) is 15.3. The summed E-state index contributed by atoms with van der Waals surface area (Å²) in [6.45, 7) is 9.45. The molecule has 1 aliphatic heterocycles. The third kappa shape index (κ3) is 5.76.